The Hall–Kier alpha value is -1.78. The maximum absolute atomic E-state index is 14.8. The number of alkyl halides is 1. The molecule has 2 aromatic rings. The minimum atomic E-state index is -5.66. The molecule has 1 aliphatic heterocycles. The lowest BCUT2D eigenvalue weighted by molar-refractivity contribution is -0.193. The van der Waals surface area contributed by atoms with Gasteiger partial charge in [0.25, 0.3) is 0 Å². The zero-order chi connectivity index (χ0) is 31.6. The van der Waals surface area contributed by atoms with Crippen LogP contribution in [0.4, 0.5) is 10.2 Å². The van der Waals surface area contributed by atoms with E-state index in [1.165, 1.54) is 6.92 Å². The number of halogens is 1. The lowest BCUT2D eigenvalue weighted by Gasteiger charge is -2.32. The molecule has 2 aromatic heterocycles. The van der Waals surface area contributed by atoms with Crippen molar-refractivity contribution in [1.82, 2.24) is 19.5 Å². The zero-order valence-corrected chi connectivity index (χ0v) is 23.7. The van der Waals surface area contributed by atoms with Gasteiger partial charge in [0.05, 0.1) is 31.7 Å². The van der Waals surface area contributed by atoms with Gasteiger partial charge >= 0.3 is 15.6 Å². The van der Waals surface area contributed by atoms with Crippen LogP contribution in [0.15, 0.2) is 12.7 Å². The molecule has 12 atom stereocenters. The number of hydrogen-bond donors (Lipinski definition) is 9. The van der Waals surface area contributed by atoms with E-state index in [9.17, 15) is 48.8 Å². The predicted molar refractivity (Wildman–Crippen MR) is 133 cm³/mol. The number of nitrogen functional groups attached to an aromatic ring is 1. The van der Waals surface area contributed by atoms with E-state index in [0.29, 0.717) is 0 Å². The van der Waals surface area contributed by atoms with Gasteiger partial charge in [-0.1, -0.05) is 6.92 Å². The summed E-state index contributed by atoms with van der Waals surface area (Å²) in [7, 11) is -10.4. The SMILES string of the molecule is COC(OP(=O)(O)OP(=O)(O)OCC1OC(n2cnc3c(N)ncnc32)C(O)C1F)C(O)C(O)C(O)C(C)[C@H](O)CO. The molecule has 11 unspecified atom stereocenters. The summed E-state index contributed by atoms with van der Waals surface area (Å²) in [6, 6.07) is 0. The fourth-order valence-corrected chi connectivity index (χ4v) is 6.11. The fourth-order valence-electron chi connectivity index (χ4n) is 3.91. The highest BCUT2D eigenvalue weighted by Gasteiger charge is 2.48. The molecule has 23 heteroatoms. The second-order valence-corrected chi connectivity index (χ2v) is 12.2. The number of methoxy groups -OCH3 is 1. The van der Waals surface area contributed by atoms with Crippen molar-refractivity contribution in [3.8, 4) is 0 Å². The minimum absolute atomic E-state index is 0.000844. The molecule has 0 aromatic carbocycles. The predicted octanol–water partition coefficient (Wildman–Crippen LogP) is -2.70. The van der Waals surface area contributed by atoms with Crippen LogP contribution < -0.4 is 5.73 Å². The number of anilines is 1. The van der Waals surface area contributed by atoms with E-state index >= 15 is 0 Å². The van der Waals surface area contributed by atoms with Gasteiger partial charge in [0.2, 0.25) is 0 Å². The second-order valence-electron chi connectivity index (χ2n) is 9.19. The first-order chi connectivity index (χ1) is 19.5. The highest BCUT2D eigenvalue weighted by molar-refractivity contribution is 7.61. The number of ether oxygens (including phenoxy) is 2. The van der Waals surface area contributed by atoms with E-state index in [0.717, 1.165) is 24.3 Å². The average molecular weight is 651 g/mol. The van der Waals surface area contributed by atoms with Crippen LogP contribution in [0, 0.1) is 5.92 Å². The van der Waals surface area contributed by atoms with Crippen LogP contribution in [0.1, 0.15) is 13.2 Å². The number of fused-ring (bicyclic) bond motifs is 1. The van der Waals surface area contributed by atoms with E-state index in [4.69, 9.17) is 15.6 Å². The van der Waals surface area contributed by atoms with Gasteiger partial charge in [0, 0.05) is 13.0 Å². The Kier molecular flexibility index (Phi) is 11.5. The van der Waals surface area contributed by atoms with E-state index in [1.807, 2.05) is 0 Å². The number of imidazole rings is 1. The summed E-state index contributed by atoms with van der Waals surface area (Å²) >= 11 is 0. The number of nitrogens with zero attached hydrogens (tertiary/aromatic N) is 4. The van der Waals surface area contributed by atoms with E-state index < -0.39 is 90.1 Å². The molecule has 0 bridgehead atoms. The van der Waals surface area contributed by atoms with Crippen LogP contribution in [0.5, 0.6) is 0 Å². The van der Waals surface area contributed by atoms with Crippen LogP contribution in [-0.2, 0) is 32.0 Å². The van der Waals surface area contributed by atoms with E-state index in [1.54, 1.807) is 0 Å². The molecule has 0 saturated carbocycles. The van der Waals surface area contributed by atoms with Gasteiger partial charge in [-0.15, -0.1) is 0 Å². The maximum atomic E-state index is 14.8. The fraction of sp³-hybridized carbons (Fsp3) is 0.737. The number of aromatic nitrogens is 4. The third kappa shape index (κ3) is 7.83. The molecule has 1 saturated heterocycles. The molecular weight excluding hydrogens is 619 g/mol. The quantitative estimate of drug-likeness (QED) is 0.0698. The van der Waals surface area contributed by atoms with Gasteiger partial charge in [-0.05, 0) is 0 Å². The molecule has 3 rings (SSSR count). The Bertz CT molecular complexity index is 1290. The van der Waals surface area contributed by atoms with E-state index in [2.05, 4.69) is 33.0 Å². The summed E-state index contributed by atoms with van der Waals surface area (Å²) in [6.07, 6.45) is -15.1. The number of rotatable bonds is 15. The minimum Gasteiger partial charge on any atom is -0.394 e. The summed E-state index contributed by atoms with van der Waals surface area (Å²) < 4.78 is 63.9. The topological polar surface area (TPSA) is 312 Å². The molecule has 0 radical (unpaired) electrons. The van der Waals surface area contributed by atoms with Crippen molar-refractivity contribution >= 4 is 32.6 Å². The highest BCUT2D eigenvalue weighted by Crippen LogP contribution is 2.61. The van der Waals surface area contributed by atoms with Gasteiger partial charge < -0.3 is 55.6 Å². The van der Waals surface area contributed by atoms with Crippen molar-refractivity contribution in [3.05, 3.63) is 12.7 Å². The Morgan fingerprint density at radius 2 is 1.79 bits per heavy atom. The summed E-state index contributed by atoms with van der Waals surface area (Å²) in [5.74, 6) is -1.20. The van der Waals surface area contributed by atoms with Gasteiger partial charge in [-0.3, -0.25) is 13.6 Å². The van der Waals surface area contributed by atoms with Gasteiger partial charge in [0.15, 0.2) is 30.2 Å². The smallest absolute Gasteiger partial charge is 0.394 e. The molecular formula is C19H32FN5O15P2. The molecule has 0 spiro atoms. The van der Waals surface area contributed by atoms with Crippen molar-refractivity contribution in [2.75, 3.05) is 26.1 Å². The molecule has 10 N–H and O–H groups in total. The van der Waals surface area contributed by atoms with Crippen LogP contribution in [-0.4, -0.2) is 129 Å². The molecule has 42 heavy (non-hydrogen) atoms. The van der Waals surface area contributed by atoms with Crippen LogP contribution in [0.2, 0.25) is 0 Å². The summed E-state index contributed by atoms with van der Waals surface area (Å²) in [5, 5.41) is 59.4. The Morgan fingerprint density at radius 3 is 2.40 bits per heavy atom. The first kappa shape index (κ1) is 34.7. The monoisotopic (exact) mass is 651 g/mol. The summed E-state index contributed by atoms with van der Waals surface area (Å²) in [6.45, 7) is -0.669. The number of phosphoric acid groups is 2. The van der Waals surface area contributed by atoms with Gasteiger partial charge in [-0.25, -0.2) is 28.5 Å². The van der Waals surface area contributed by atoms with Crippen molar-refractivity contribution in [3.63, 3.8) is 0 Å². The Balaban J connectivity index is 1.61. The highest BCUT2D eigenvalue weighted by atomic mass is 31.3. The first-order valence-corrected chi connectivity index (χ1v) is 15.0. The first-order valence-electron chi connectivity index (χ1n) is 12.0. The number of aliphatic hydroxyl groups is 6. The Labute approximate surface area is 236 Å². The lowest BCUT2D eigenvalue weighted by Crippen LogP contribution is -2.50. The molecule has 1 aliphatic rings. The zero-order valence-electron chi connectivity index (χ0n) is 21.9. The largest absolute Gasteiger partial charge is 0.483 e. The van der Waals surface area contributed by atoms with Crippen molar-refractivity contribution in [2.24, 2.45) is 5.92 Å². The Morgan fingerprint density at radius 1 is 1.12 bits per heavy atom. The van der Waals surface area contributed by atoms with Crippen LogP contribution >= 0.6 is 15.6 Å². The standard InChI is InChI=1S/C19H32FN5O15P2/c1-7(8(27)3-26)12(28)14(30)15(31)19(36-2)39-42(34,35)40-41(32,33)37-4-9-10(20)13(29)18(38-9)25-6-24-11-16(21)22-5-23-17(11)25/h5-10,12-15,18-19,26-31H,3-4H2,1-2H3,(H,32,33)(H,34,35)(H2,21,22,23)/t7?,8-,9?,10?,12?,13?,14?,15?,18?,19?/m1/s1. The lowest BCUT2D eigenvalue weighted by atomic mass is 9.92. The van der Waals surface area contributed by atoms with Gasteiger partial charge in [-0.2, -0.15) is 4.31 Å². The van der Waals surface area contributed by atoms with Crippen molar-refractivity contribution in [1.29, 1.82) is 0 Å². The third-order valence-corrected chi connectivity index (χ3v) is 8.94. The third-order valence-electron chi connectivity index (χ3n) is 6.34. The normalized spacial score (nSPS) is 28.5. The summed E-state index contributed by atoms with van der Waals surface area (Å²) in [5.41, 5.74) is 5.92. The molecule has 240 valence electrons. The van der Waals surface area contributed by atoms with Crippen LogP contribution in [0.25, 0.3) is 11.2 Å². The summed E-state index contributed by atoms with van der Waals surface area (Å²) in [4.78, 5) is 31.5. The van der Waals surface area contributed by atoms with Gasteiger partial charge in [0.1, 0.15) is 36.3 Å². The molecule has 1 fully saturated rings. The number of nitrogens with two attached hydrogens (primary N) is 1. The number of phosphoric ester groups is 2. The van der Waals surface area contributed by atoms with Crippen molar-refractivity contribution in [2.45, 2.75) is 62.2 Å². The van der Waals surface area contributed by atoms with E-state index in [-0.39, 0.29) is 17.0 Å². The number of hydrogen-bond acceptors (Lipinski definition) is 17. The molecule has 0 aliphatic carbocycles. The maximum Gasteiger partial charge on any atom is 0.483 e. The van der Waals surface area contributed by atoms with Crippen LogP contribution in [0.3, 0.4) is 0 Å². The second kappa shape index (κ2) is 13.9. The van der Waals surface area contributed by atoms with Crippen molar-refractivity contribution < 1.29 is 76.8 Å². The molecule has 20 nitrogen and oxygen atoms in total. The number of aliphatic hydroxyl groups excluding tert-OH is 6. The average Bonchev–Trinajstić information content (AvgIpc) is 3.49. The molecule has 0 amide bonds. The molecule has 3 heterocycles.